The number of carbonyl (C=O) groups is 3. The molecule has 1 aliphatic heterocycles. The van der Waals surface area contributed by atoms with Crippen molar-refractivity contribution in [2.75, 3.05) is 6.54 Å². The van der Waals surface area contributed by atoms with Gasteiger partial charge in [0.05, 0.1) is 0 Å². The van der Waals surface area contributed by atoms with E-state index in [-0.39, 0.29) is 37.1 Å². The maximum Gasteiger partial charge on any atom is 0.240 e. The van der Waals surface area contributed by atoms with E-state index in [1.54, 1.807) is 0 Å². The Morgan fingerprint density at radius 2 is 1.95 bits per heavy atom. The number of furan rings is 1. The first kappa shape index (κ1) is 13.3. The minimum Gasteiger partial charge on any atom is -0.466 e. The van der Waals surface area contributed by atoms with Crippen molar-refractivity contribution in [3.05, 3.63) is 23.2 Å². The molecule has 0 unspecified atom stereocenters. The Balaban J connectivity index is 1.87. The Morgan fingerprint density at radius 1 is 1.32 bits per heavy atom. The van der Waals surface area contributed by atoms with E-state index in [9.17, 15) is 14.4 Å². The van der Waals surface area contributed by atoms with Gasteiger partial charge in [-0.05, 0) is 19.9 Å². The average Bonchev–Trinajstić information content (AvgIpc) is 2.83. The number of rotatable bonds is 4. The number of aryl methyl sites for hydroxylation is 2. The molecule has 0 bridgehead atoms. The standard InChI is InChI=1S/C13H16N2O4/c1-8-5-10(9(2)19-8)6-14-11(16)7-15-12(17)3-4-13(15)18/h5H,3-4,6-7H2,1-2H3,(H,14,16). The maximum atomic E-state index is 11.7. The minimum absolute atomic E-state index is 0.201. The molecule has 1 aromatic heterocycles. The monoisotopic (exact) mass is 264 g/mol. The smallest absolute Gasteiger partial charge is 0.240 e. The van der Waals surface area contributed by atoms with Gasteiger partial charge in [0, 0.05) is 24.9 Å². The maximum absolute atomic E-state index is 11.7. The number of nitrogens with zero attached hydrogens (tertiary/aromatic N) is 1. The summed E-state index contributed by atoms with van der Waals surface area (Å²) in [4.78, 5) is 35.4. The topological polar surface area (TPSA) is 79.6 Å². The van der Waals surface area contributed by atoms with Crippen molar-refractivity contribution >= 4 is 17.7 Å². The van der Waals surface area contributed by atoms with Gasteiger partial charge in [0.25, 0.3) is 0 Å². The molecule has 102 valence electrons. The van der Waals surface area contributed by atoms with Gasteiger partial charge in [-0.3, -0.25) is 19.3 Å². The van der Waals surface area contributed by atoms with Crippen molar-refractivity contribution < 1.29 is 18.8 Å². The van der Waals surface area contributed by atoms with Crippen LogP contribution in [0.3, 0.4) is 0 Å². The summed E-state index contributed by atoms with van der Waals surface area (Å²) in [6, 6.07) is 1.85. The summed E-state index contributed by atoms with van der Waals surface area (Å²) < 4.78 is 5.34. The molecule has 3 amide bonds. The molecule has 6 nitrogen and oxygen atoms in total. The second-order valence-electron chi connectivity index (χ2n) is 4.59. The molecule has 1 aromatic rings. The fourth-order valence-corrected chi connectivity index (χ4v) is 2.05. The van der Waals surface area contributed by atoms with Crippen LogP contribution in [0.15, 0.2) is 10.5 Å². The predicted octanol–water partition coefficient (Wildman–Crippen LogP) is 0.662. The first-order valence-corrected chi connectivity index (χ1v) is 6.13. The number of likely N-dealkylation sites (tertiary alicyclic amines) is 1. The summed E-state index contributed by atoms with van der Waals surface area (Å²) in [5, 5.41) is 2.68. The van der Waals surface area contributed by atoms with E-state index in [0.717, 1.165) is 22.0 Å². The second-order valence-corrected chi connectivity index (χ2v) is 4.59. The zero-order valence-electron chi connectivity index (χ0n) is 11.0. The van der Waals surface area contributed by atoms with E-state index in [1.807, 2.05) is 19.9 Å². The zero-order chi connectivity index (χ0) is 14.0. The van der Waals surface area contributed by atoms with Crippen LogP contribution in [0.2, 0.25) is 0 Å². The van der Waals surface area contributed by atoms with Crippen LogP contribution in [-0.2, 0) is 20.9 Å². The molecule has 6 heteroatoms. The molecular weight excluding hydrogens is 248 g/mol. The van der Waals surface area contributed by atoms with Crippen molar-refractivity contribution in [2.45, 2.75) is 33.2 Å². The van der Waals surface area contributed by atoms with E-state index in [1.165, 1.54) is 0 Å². The molecule has 0 saturated carbocycles. The van der Waals surface area contributed by atoms with Gasteiger partial charge in [-0.2, -0.15) is 0 Å². The van der Waals surface area contributed by atoms with Gasteiger partial charge in [-0.25, -0.2) is 0 Å². The van der Waals surface area contributed by atoms with Gasteiger partial charge in [0.2, 0.25) is 17.7 Å². The lowest BCUT2D eigenvalue weighted by Gasteiger charge is -2.13. The van der Waals surface area contributed by atoms with Gasteiger partial charge >= 0.3 is 0 Å². The van der Waals surface area contributed by atoms with Crippen molar-refractivity contribution in [3.8, 4) is 0 Å². The largest absolute Gasteiger partial charge is 0.466 e. The molecule has 2 heterocycles. The summed E-state index contributed by atoms with van der Waals surface area (Å²) in [6.07, 6.45) is 0.401. The number of amides is 3. The molecular formula is C13H16N2O4. The van der Waals surface area contributed by atoms with Crippen LogP contribution in [0.4, 0.5) is 0 Å². The molecule has 0 spiro atoms. The lowest BCUT2D eigenvalue weighted by molar-refractivity contribution is -0.142. The van der Waals surface area contributed by atoms with E-state index in [4.69, 9.17) is 4.42 Å². The molecule has 0 atom stereocenters. The molecule has 1 N–H and O–H groups in total. The first-order chi connectivity index (χ1) is 8.97. The fourth-order valence-electron chi connectivity index (χ4n) is 2.05. The SMILES string of the molecule is Cc1cc(CNC(=O)CN2C(=O)CCC2=O)c(C)o1. The number of carbonyl (C=O) groups excluding carboxylic acids is 3. The molecule has 0 aliphatic carbocycles. The van der Waals surface area contributed by atoms with Gasteiger partial charge in [-0.1, -0.05) is 0 Å². The van der Waals surface area contributed by atoms with Crippen LogP contribution in [0.1, 0.15) is 29.9 Å². The fraction of sp³-hybridized carbons (Fsp3) is 0.462. The molecule has 1 saturated heterocycles. The average molecular weight is 264 g/mol. The van der Waals surface area contributed by atoms with Crippen LogP contribution in [0.25, 0.3) is 0 Å². The van der Waals surface area contributed by atoms with Gasteiger partial charge in [-0.15, -0.1) is 0 Å². The number of hydrogen-bond acceptors (Lipinski definition) is 4. The lowest BCUT2D eigenvalue weighted by atomic mass is 10.2. The Kier molecular flexibility index (Phi) is 3.69. The van der Waals surface area contributed by atoms with Crippen molar-refractivity contribution in [1.82, 2.24) is 10.2 Å². The summed E-state index contributed by atoms with van der Waals surface area (Å²) in [6.45, 7) is 3.79. The summed E-state index contributed by atoms with van der Waals surface area (Å²) in [5.41, 5.74) is 0.893. The van der Waals surface area contributed by atoms with Crippen molar-refractivity contribution in [3.63, 3.8) is 0 Å². The normalized spacial score (nSPS) is 15.2. The lowest BCUT2D eigenvalue weighted by Crippen LogP contribution is -2.39. The number of imide groups is 1. The molecule has 0 radical (unpaired) electrons. The van der Waals surface area contributed by atoms with Crippen LogP contribution in [-0.4, -0.2) is 29.2 Å². The van der Waals surface area contributed by atoms with Gasteiger partial charge in [0.1, 0.15) is 18.1 Å². The van der Waals surface area contributed by atoms with Crippen molar-refractivity contribution in [2.24, 2.45) is 0 Å². The predicted molar refractivity (Wildman–Crippen MR) is 66.0 cm³/mol. The highest BCUT2D eigenvalue weighted by Gasteiger charge is 2.30. The third-order valence-electron chi connectivity index (χ3n) is 3.08. The van der Waals surface area contributed by atoms with E-state index in [2.05, 4.69) is 5.32 Å². The van der Waals surface area contributed by atoms with Crippen LogP contribution in [0, 0.1) is 13.8 Å². The highest BCUT2D eigenvalue weighted by Crippen LogP contribution is 2.13. The molecule has 1 aliphatic rings. The molecule has 1 fully saturated rings. The van der Waals surface area contributed by atoms with Crippen LogP contribution in [0.5, 0.6) is 0 Å². The summed E-state index contributed by atoms with van der Waals surface area (Å²) in [7, 11) is 0. The van der Waals surface area contributed by atoms with Gasteiger partial charge in [0.15, 0.2) is 0 Å². The number of hydrogen-bond donors (Lipinski definition) is 1. The Labute approximate surface area is 110 Å². The van der Waals surface area contributed by atoms with E-state index >= 15 is 0 Å². The zero-order valence-corrected chi connectivity index (χ0v) is 11.0. The molecule has 2 rings (SSSR count). The van der Waals surface area contributed by atoms with E-state index in [0.29, 0.717) is 6.54 Å². The van der Waals surface area contributed by atoms with E-state index < -0.39 is 0 Å². The van der Waals surface area contributed by atoms with Crippen LogP contribution < -0.4 is 5.32 Å². The highest BCUT2D eigenvalue weighted by atomic mass is 16.3. The molecule has 0 aromatic carbocycles. The van der Waals surface area contributed by atoms with Crippen LogP contribution >= 0.6 is 0 Å². The summed E-state index contributed by atoms with van der Waals surface area (Å²) >= 11 is 0. The third kappa shape index (κ3) is 3.01. The summed E-state index contributed by atoms with van der Waals surface area (Å²) in [5.74, 6) is 0.630. The number of nitrogens with one attached hydrogen (secondary N) is 1. The Hall–Kier alpha value is -2.11. The second kappa shape index (κ2) is 5.26. The van der Waals surface area contributed by atoms with Crippen molar-refractivity contribution in [1.29, 1.82) is 0 Å². The Morgan fingerprint density at radius 3 is 2.47 bits per heavy atom. The van der Waals surface area contributed by atoms with Gasteiger partial charge < -0.3 is 9.73 Å². The highest BCUT2D eigenvalue weighted by molar-refractivity contribution is 6.04. The minimum atomic E-state index is -0.346. The third-order valence-corrected chi connectivity index (χ3v) is 3.08. The Bertz CT molecular complexity index is 517. The molecule has 19 heavy (non-hydrogen) atoms. The first-order valence-electron chi connectivity index (χ1n) is 6.13. The quantitative estimate of drug-likeness (QED) is 0.810.